The Morgan fingerprint density at radius 2 is 2.50 bits per heavy atom. The van der Waals surface area contributed by atoms with Crippen molar-refractivity contribution in [3.8, 4) is 0 Å². The predicted octanol–water partition coefficient (Wildman–Crippen LogP) is 0.184. The first-order valence-corrected chi connectivity index (χ1v) is 6.22. The summed E-state index contributed by atoms with van der Waals surface area (Å²) < 4.78 is 7.26. The number of carbonyl (C=O) groups is 1. The van der Waals surface area contributed by atoms with Crippen molar-refractivity contribution < 1.29 is 14.6 Å². The summed E-state index contributed by atoms with van der Waals surface area (Å²) in [4.78, 5) is 10.7. The molecule has 1 aliphatic heterocycles. The molecule has 2 unspecified atom stereocenters. The molecule has 2 atom stereocenters. The number of carboxylic acids is 1. The third kappa shape index (κ3) is 3.30. The van der Waals surface area contributed by atoms with E-state index in [2.05, 4.69) is 10.4 Å². The molecule has 6 heteroatoms. The van der Waals surface area contributed by atoms with Crippen molar-refractivity contribution in [1.82, 2.24) is 15.1 Å². The van der Waals surface area contributed by atoms with E-state index in [-0.39, 0.29) is 6.10 Å². The SMILES string of the molecule is Cn1nccc1CCNCC1CCC(C(=O)O)O1. The molecule has 6 nitrogen and oxygen atoms in total. The van der Waals surface area contributed by atoms with Crippen LogP contribution in [-0.4, -0.2) is 46.2 Å². The number of aryl methyl sites for hydroxylation is 1. The van der Waals surface area contributed by atoms with E-state index in [1.54, 1.807) is 6.20 Å². The molecule has 0 aromatic carbocycles. The molecule has 0 saturated carbocycles. The number of rotatable bonds is 6. The van der Waals surface area contributed by atoms with Gasteiger partial charge in [-0.3, -0.25) is 4.68 Å². The van der Waals surface area contributed by atoms with Crippen molar-refractivity contribution in [2.75, 3.05) is 13.1 Å². The zero-order valence-electron chi connectivity index (χ0n) is 10.5. The van der Waals surface area contributed by atoms with Crippen LogP contribution in [0.15, 0.2) is 12.3 Å². The molecule has 1 saturated heterocycles. The summed E-state index contributed by atoms with van der Waals surface area (Å²) in [5.41, 5.74) is 1.18. The molecular formula is C12H19N3O3. The number of carboxylic acid groups (broad SMARTS) is 1. The Balaban J connectivity index is 1.62. The zero-order valence-corrected chi connectivity index (χ0v) is 10.5. The van der Waals surface area contributed by atoms with Crippen molar-refractivity contribution in [3.63, 3.8) is 0 Å². The van der Waals surface area contributed by atoms with E-state index in [1.807, 2.05) is 17.8 Å². The molecule has 2 rings (SSSR count). The molecule has 1 aliphatic rings. The highest BCUT2D eigenvalue weighted by Crippen LogP contribution is 2.19. The van der Waals surface area contributed by atoms with E-state index in [9.17, 15) is 4.79 Å². The fraction of sp³-hybridized carbons (Fsp3) is 0.667. The van der Waals surface area contributed by atoms with Gasteiger partial charge in [-0.2, -0.15) is 5.10 Å². The van der Waals surface area contributed by atoms with E-state index < -0.39 is 12.1 Å². The van der Waals surface area contributed by atoms with Gasteiger partial charge in [-0.15, -0.1) is 0 Å². The Bertz CT molecular complexity index is 405. The van der Waals surface area contributed by atoms with Crippen molar-refractivity contribution in [1.29, 1.82) is 0 Å². The number of nitrogens with one attached hydrogen (secondary N) is 1. The highest BCUT2D eigenvalue weighted by atomic mass is 16.5. The topological polar surface area (TPSA) is 76.4 Å². The first-order chi connectivity index (χ1) is 8.66. The van der Waals surface area contributed by atoms with Crippen LogP contribution in [0, 0.1) is 0 Å². The van der Waals surface area contributed by atoms with Crippen LogP contribution in [0.3, 0.4) is 0 Å². The summed E-state index contributed by atoms with van der Waals surface area (Å²) in [5, 5.41) is 16.2. The van der Waals surface area contributed by atoms with Crippen molar-refractivity contribution in [2.45, 2.75) is 31.5 Å². The summed E-state index contributed by atoms with van der Waals surface area (Å²) >= 11 is 0. The highest BCUT2D eigenvalue weighted by Gasteiger charge is 2.29. The maximum Gasteiger partial charge on any atom is 0.332 e. The maximum absolute atomic E-state index is 10.7. The summed E-state index contributed by atoms with van der Waals surface area (Å²) in [6, 6.07) is 1.99. The zero-order chi connectivity index (χ0) is 13.0. The fourth-order valence-corrected chi connectivity index (χ4v) is 2.16. The molecule has 18 heavy (non-hydrogen) atoms. The fourth-order valence-electron chi connectivity index (χ4n) is 2.16. The molecule has 0 radical (unpaired) electrons. The van der Waals surface area contributed by atoms with Gasteiger partial charge in [0, 0.05) is 38.4 Å². The predicted molar refractivity (Wildman–Crippen MR) is 65.3 cm³/mol. The van der Waals surface area contributed by atoms with Gasteiger partial charge in [-0.05, 0) is 18.9 Å². The summed E-state index contributed by atoms with van der Waals surface area (Å²) in [6.07, 6.45) is 3.53. The average molecular weight is 253 g/mol. The van der Waals surface area contributed by atoms with E-state index in [0.29, 0.717) is 13.0 Å². The first kappa shape index (κ1) is 13.0. The molecule has 0 amide bonds. The lowest BCUT2D eigenvalue weighted by Gasteiger charge is -2.12. The van der Waals surface area contributed by atoms with E-state index in [0.717, 1.165) is 19.4 Å². The molecule has 0 aliphatic carbocycles. The Morgan fingerprint density at radius 3 is 3.11 bits per heavy atom. The van der Waals surface area contributed by atoms with Crippen LogP contribution in [0.4, 0.5) is 0 Å². The molecule has 1 fully saturated rings. The van der Waals surface area contributed by atoms with Crippen molar-refractivity contribution >= 4 is 5.97 Å². The van der Waals surface area contributed by atoms with Gasteiger partial charge in [0.05, 0.1) is 6.10 Å². The summed E-state index contributed by atoms with van der Waals surface area (Å²) in [5.74, 6) is -0.854. The Kier molecular flexibility index (Phi) is 4.33. The molecule has 1 aromatic heterocycles. The third-order valence-corrected chi connectivity index (χ3v) is 3.24. The van der Waals surface area contributed by atoms with Crippen LogP contribution in [0.5, 0.6) is 0 Å². The van der Waals surface area contributed by atoms with Gasteiger partial charge >= 0.3 is 5.97 Å². The second-order valence-electron chi connectivity index (χ2n) is 4.56. The minimum Gasteiger partial charge on any atom is -0.479 e. The van der Waals surface area contributed by atoms with E-state index >= 15 is 0 Å². The van der Waals surface area contributed by atoms with Gasteiger partial charge in [0.2, 0.25) is 0 Å². The Morgan fingerprint density at radius 1 is 1.67 bits per heavy atom. The molecule has 0 spiro atoms. The number of aliphatic carboxylic acids is 1. The van der Waals surface area contributed by atoms with Gasteiger partial charge < -0.3 is 15.2 Å². The minimum absolute atomic E-state index is 0.0256. The van der Waals surface area contributed by atoms with Gasteiger partial charge in [-0.1, -0.05) is 0 Å². The maximum atomic E-state index is 10.7. The Labute approximate surface area is 106 Å². The number of hydrogen-bond donors (Lipinski definition) is 2. The largest absolute Gasteiger partial charge is 0.479 e. The second kappa shape index (κ2) is 5.97. The van der Waals surface area contributed by atoms with Crippen LogP contribution in [0.2, 0.25) is 0 Å². The lowest BCUT2D eigenvalue weighted by molar-refractivity contribution is -0.149. The minimum atomic E-state index is -0.854. The quantitative estimate of drug-likeness (QED) is 0.707. The normalized spacial score (nSPS) is 23.4. The van der Waals surface area contributed by atoms with E-state index in [1.165, 1.54) is 5.69 Å². The summed E-state index contributed by atoms with van der Waals surface area (Å²) in [7, 11) is 1.92. The lowest BCUT2D eigenvalue weighted by atomic mass is 10.2. The van der Waals surface area contributed by atoms with Gasteiger partial charge in [0.1, 0.15) is 0 Å². The van der Waals surface area contributed by atoms with Gasteiger partial charge in [0.15, 0.2) is 6.10 Å². The monoisotopic (exact) mass is 253 g/mol. The molecule has 2 N–H and O–H groups in total. The van der Waals surface area contributed by atoms with Crippen molar-refractivity contribution in [3.05, 3.63) is 18.0 Å². The third-order valence-electron chi connectivity index (χ3n) is 3.24. The lowest BCUT2D eigenvalue weighted by Crippen LogP contribution is -2.30. The standard InChI is InChI=1S/C12H19N3O3/c1-15-9(5-7-14-15)4-6-13-8-10-2-3-11(18-10)12(16)17/h5,7,10-11,13H,2-4,6,8H2,1H3,(H,16,17). The summed E-state index contributed by atoms with van der Waals surface area (Å²) in [6.45, 7) is 1.55. The van der Waals surface area contributed by atoms with Crippen LogP contribution in [0.25, 0.3) is 0 Å². The molecule has 1 aromatic rings. The van der Waals surface area contributed by atoms with Crippen LogP contribution < -0.4 is 5.32 Å². The molecule has 100 valence electrons. The van der Waals surface area contributed by atoms with Crippen LogP contribution in [0.1, 0.15) is 18.5 Å². The second-order valence-corrected chi connectivity index (χ2v) is 4.56. The molecular weight excluding hydrogens is 234 g/mol. The van der Waals surface area contributed by atoms with Gasteiger partial charge in [0.25, 0.3) is 0 Å². The Hall–Kier alpha value is -1.40. The smallest absolute Gasteiger partial charge is 0.332 e. The number of ether oxygens (including phenoxy) is 1. The van der Waals surface area contributed by atoms with Crippen LogP contribution in [-0.2, 0) is 23.0 Å². The van der Waals surface area contributed by atoms with Crippen molar-refractivity contribution in [2.24, 2.45) is 7.05 Å². The van der Waals surface area contributed by atoms with E-state index in [4.69, 9.17) is 9.84 Å². The number of aromatic nitrogens is 2. The number of nitrogens with zero attached hydrogens (tertiary/aromatic N) is 2. The molecule has 0 bridgehead atoms. The molecule has 2 heterocycles. The van der Waals surface area contributed by atoms with Gasteiger partial charge in [-0.25, -0.2) is 4.79 Å². The number of hydrogen-bond acceptors (Lipinski definition) is 4. The first-order valence-electron chi connectivity index (χ1n) is 6.22. The average Bonchev–Trinajstić information content (AvgIpc) is 2.94. The van der Waals surface area contributed by atoms with Crippen LogP contribution >= 0.6 is 0 Å². The highest BCUT2D eigenvalue weighted by molar-refractivity contribution is 5.72.